The Kier molecular flexibility index (Phi) is 6.45. The Morgan fingerprint density at radius 2 is 1.95 bits per heavy atom. The Morgan fingerprint density at radius 3 is 2.67 bits per heavy atom. The van der Waals surface area contributed by atoms with Crippen LogP contribution >= 0.6 is 0 Å². The van der Waals surface area contributed by atoms with Crippen LogP contribution in [0.15, 0.2) is 0 Å². The van der Waals surface area contributed by atoms with Crippen LogP contribution in [-0.2, 0) is 14.3 Å². The van der Waals surface area contributed by atoms with Crippen molar-refractivity contribution in [2.45, 2.75) is 44.6 Å². The molecule has 1 saturated carbocycles. The number of amides is 1. The summed E-state index contributed by atoms with van der Waals surface area (Å²) in [5.41, 5.74) is 0. The number of carbonyl (C=O) groups is 2. The smallest absolute Gasteiger partial charge is 0.306 e. The predicted molar refractivity (Wildman–Crippen MR) is 77.9 cm³/mol. The van der Waals surface area contributed by atoms with E-state index in [1.165, 1.54) is 0 Å². The van der Waals surface area contributed by atoms with Crippen molar-refractivity contribution in [3.63, 3.8) is 0 Å². The molecular formula is C15H26N2O4. The van der Waals surface area contributed by atoms with E-state index in [1.54, 1.807) is 0 Å². The molecule has 1 amide bonds. The summed E-state index contributed by atoms with van der Waals surface area (Å²) in [6.07, 6.45) is 5.20. The Bertz CT molecular complexity index is 356. The molecule has 0 radical (unpaired) electrons. The molecule has 1 aliphatic carbocycles. The first-order valence-corrected chi connectivity index (χ1v) is 7.98. The minimum atomic E-state index is -0.735. The maximum absolute atomic E-state index is 11.8. The van der Waals surface area contributed by atoms with Crippen LogP contribution in [0.4, 0.5) is 0 Å². The van der Waals surface area contributed by atoms with Gasteiger partial charge in [-0.25, -0.2) is 0 Å². The Hall–Kier alpha value is -1.14. The molecule has 6 heteroatoms. The molecule has 1 saturated heterocycles. The van der Waals surface area contributed by atoms with Gasteiger partial charge in [0.2, 0.25) is 5.91 Å². The highest BCUT2D eigenvalue weighted by Gasteiger charge is 2.32. The van der Waals surface area contributed by atoms with Gasteiger partial charge in [0.25, 0.3) is 0 Å². The molecule has 2 fully saturated rings. The van der Waals surface area contributed by atoms with Crippen molar-refractivity contribution >= 4 is 11.9 Å². The highest BCUT2D eigenvalue weighted by Crippen LogP contribution is 2.31. The second kappa shape index (κ2) is 8.34. The highest BCUT2D eigenvalue weighted by atomic mass is 16.5. The first kappa shape index (κ1) is 16.2. The van der Waals surface area contributed by atoms with Gasteiger partial charge in [0.1, 0.15) is 0 Å². The molecule has 21 heavy (non-hydrogen) atoms. The summed E-state index contributed by atoms with van der Waals surface area (Å²) in [5, 5.41) is 15.2. The Morgan fingerprint density at radius 1 is 1.19 bits per heavy atom. The van der Waals surface area contributed by atoms with Crippen molar-refractivity contribution in [1.82, 2.24) is 10.6 Å². The molecule has 0 aromatic carbocycles. The lowest BCUT2D eigenvalue weighted by molar-refractivity contribution is -0.143. The van der Waals surface area contributed by atoms with Gasteiger partial charge >= 0.3 is 5.97 Å². The lowest BCUT2D eigenvalue weighted by Gasteiger charge is -2.23. The van der Waals surface area contributed by atoms with Crippen LogP contribution in [0.3, 0.4) is 0 Å². The number of aliphatic carboxylic acids is 1. The Labute approximate surface area is 125 Å². The third-order valence-electron chi connectivity index (χ3n) is 4.51. The molecule has 2 atom stereocenters. The fourth-order valence-electron chi connectivity index (χ4n) is 3.22. The molecule has 6 nitrogen and oxygen atoms in total. The van der Waals surface area contributed by atoms with Crippen LogP contribution in [0.25, 0.3) is 0 Å². The van der Waals surface area contributed by atoms with Gasteiger partial charge in [-0.05, 0) is 44.7 Å². The van der Waals surface area contributed by atoms with Gasteiger partial charge in [-0.3, -0.25) is 9.59 Å². The normalized spacial score (nSPS) is 26.7. The number of hydrogen-bond acceptors (Lipinski definition) is 4. The number of carboxylic acids is 1. The van der Waals surface area contributed by atoms with E-state index in [1.807, 2.05) is 0 Å². The van der Waals surface area contributed by atoms with Crippen LogP contribution < -0.4 is 10.6 Å². The molecule has 2 aliphatic rings. The fraction of sp³-hybridized carbons (Fsp3) is 0.867. The van der Waals surface area contributed by atoms with Crippen LogP contribution in [0, 0.1) is 11.8 Å². The van der Waals surface area contributed by atoms with Gasteiger partial charge < -0.3 is 20.5 Å². The zero-order valence-corrected chi connectivity index (χ0v) is 12.5. The van der Waals surface area contributed by atoms with Gasteiger partial charge in [-0.15, -0.1) is 0 Å². The Balaban J connectivity index is 1.57. The summed E-state index contributed by atoms with van der Waals surface area (Å²) in [5.74, 6) is -0.992. The minimum Gasteiger partial charge on any atom is -0.481 e. The van der Waals surface area contributed by atoms with E-state index in [0.29, 0.717) is 19.6 Å². The standard InChI is InChI=1S/C15H26N2O4/c18-14(6-9-21-12-4-7-16-8-5-12)17-10-11-2-1-3-13(11)15(19)20/h11-13,16H,1-10H2,(H,17,18)(H,19,20). The molecule has 3 N–H and O–H groups in total. The molecule has 120 valence electrons. The number of carbonyl (C=O) groups excluding carboxylic acids is 1. The van der Waals surface area contributed by atoms with Gasteiger partial charge in [-0.1, -0.05) is 6.42 Å². The lowest BCUT2D eigenvalue weighted by atomic mass is 9.96. The second-order valence-corrected chi connectivity index (χ2v) is 6.01. The van der Waals surface area contributed by atoms with E-state index >= 15 is 0 Å². The molecule has 2 unspecified atom stereocenters. The molecule has 2 rings (SSSR count). The number of ether oxygens (including phenoxy) is 1. The summed E-state index contributed by atoms with van der Waals surface area (Å²) in [6.45, 7) is 2.89. The van der Waals surface area contributed by atoms with Gasteiger partial charge in [0.05, 0.1) is 18.6 Å². The van der Waals surface area contributed by atoms with E-state index in [4.69, 9.17) is 9.84 Å². The zero-order valence-electron chi connectivity index (χ0n) is 12.5. The first-order chi connectivity index (χ1) is 10.2. The van der Waals surface area contributed by atoms with Crippen LogP contribution in [-0.4, -0.2) is 49.3 Å². The lowest BCUT2D eigenvalue weighted by Crippen LogP contribution is -2.35. The van der Waals surface area contributed by atoms with Gasteiger partial charge in [0, 0.05) is 13.0 Å². The number of nitrogens with one attached hydrogen (secondary N) is 2. The van der Waals surface area contributed by atoms with Crippen LogP contribution in [0.2, 0.25) is 0 Å². The molecular weight excluding hydrogens is 272 g/mol. The van der Waals surface area contributed by atoms with Crippen molar-refractivity contribution in [2.24, 2.45) is 11.8 Å². The number of carboxylic acid groups (broad SMARTS) is 1. The number of piperidine rings is 1. The van der Waals surface area contributed by atoms with Crippen molar-refractivity contribution in [2.75, 3.05) is 26.2 Å². The molecule has 1 aliphatic heterocycles. The average Bonchev–Trinajstić information content (AvgIpc) is 2.95. The third-order valence-corrected chi connectivity index (χ3v) is 4.51. The summed E-state index contributed by atoms with van der Waals surface area (Å²) in [7, 11) is 0. The quantitative estimate of drug-likeness (QED) is 0.646. The topological polar surface area (TPSA) is 87.7 Å². The highest BCUT2D eigenvalue weighted by molar-refractivity contribution is 5.76. The monoisotopic (exact) mass is 298 g/mol. The average molecular weight is 298 g/mol. The van der Waals surface area contributed by atoms with E-state index in [9.17, 15) is 9.59 Å². The van der Waals surface area contributed by atoms with Crippen molar-refractivity contribution in [3.05, 3.63) is 0 Å². The molecule has 0 aromatic heterocycles. The summed E-state index contributed by atoms with van der Waals surface area (Å²) in [6, 6.07) is 0. The summed E-state index contributed by atoms with van der Waals surface area (Å²) < 4.78 is 5.69. The zero-order chi connectivity index (χ0) is 15.1. The van der Waals surface area contributed by atoms with E-state index < -0.39 is 5.97 Å². The van der Waals surface area contributed by atoms with Crippen molar-refractivity contribution in [1.29, 1.82) is 0 Å². The second-order valence-electron chi connectivity index (χ2n) is 6.01. The van der Waals surface area contributed by atoms with Gasteiger partial charge in [-0.2, -0.15) is 0 Å². The SMILES string of the molecule is O=C(CCOC1CCNCC1)NCC1CCCC1C(=O)O. The van der Waals surface area contributed by atoms with Crippen molar-refractivity contribution in [3.8, 4) is 0 Å². The third kappa shape index (κ3) is 5.28. The van der Waals surface area contributed by atoms with Crippen LogP contribution in [0.5, 0.6) is 0 Å². The first-order valence-electron chi connectivity index (χ1n) is 7.98. The van der Waals surface area contributed by atoms with Crippen LogP contribution in [0.1, 0.15) is 38.5 Å². The number of rotatable bonds is 7. The summed E-state index contributed by atoms with van der Waals surface area (Å²) >= 11 is 0. The number of hydrogen-bond donors (Lipinski definition) is 3. The van der Waals surface area contributed by atoms with E-state index in [0.717, 1.165) is 45.2 Å². The van der Waals surface area contributed by atoms with Gasteiger partial charge in [0.15, 0.2) is 0 Å². The molecule has 0 bridgehead atoms. The molecule has 1 heterocycles. The van der Waals surface area contributed by atoms with E-state index in [2.05, 4.69) is 10.6 Å². The molecule has 0 spiro atoms. The maximum Gasteiger partial charge on any atom is 0.306 e. The minimum absolute atomic E-state index is 0.0417. The van der Waals surface area contributed by atoms with E-state index in [-0.39, 0.29) is 23.8 Å². The molecule has 0 aromatic rings. The largest absolute Gasteiger partial charge is 0.481 e. The fourth-order valence-corrected chi connectivity index (χ4v) is 3.22. The maximum atomic E-state index is 11.8. The van der Waals surface area contributed by atoms with Crippen molar-refractivity contribution < 1.29 is 19.4 Å². The summed E-state index contributed by atoms with van der Waals surface area (Å²) in [4.78, 5) is 22.8. The predicted octanol–water partition coefficient (Wildman–Crippen LogP) is 0.762.